The van der Waals surface area contributed by atoms with Gasteiger partial charge < -0.3 is 19.7 Å². The van der Waals surface area contributed by atoms with E-state index >= 15 is 0 Å². The van der Waals surface area contributed by atoms with Crippen molar-refractivity contribution < 1.29 is 24.9 Å². The van der Waals surface area contributed by atoms with Crippen LogP contribution >= 0.6 is 0 Å². The van der Waals surface area contributed by atoms with Crippen molar-refractivity contribution in [3.05, 3.63) is 47.7 Å². The Bertz CT molecular complexity index is 878. The molecular weight excluding hydrogens is 262 g/mol. The molecule has 0 saturated carbocycles. The lowest BCUT2D eigenvalue weighted by Crippen LogP contribution is -2.01. The molecule has 3 N–H and O–H groups in total. The topological polar surface area (TPSA) is 99.2 Å². The molecule has 0 aliphatic rings. The number of hydrogen-bond donors (Lipinski definition) is 3. The number of carboxylic acid groups (broad SMARTS) is 2. The van der Waals surface area contributed by atoms with Gasteiger partial charge in [0, 0.05) is 11.6 Å². The van der Waals surface area contributed by atoms with Gasteiger partial charge in [-0.15, -0.1) is 0 Å². The molecule has 6 heteroatoms. The first-order chi connectivity index (χ1) is 9.50. The summed E-state index contributed by atoms with van der Waals surface area (Å²) in [5.74, 6) is -2.75. The number of carboxylic acids is 2. The SMILES string of the molecule is O=C(O)c1cc(O)c2c(C(=O)O)c3ccccc3n2c1. The second-order valence-corrected chi connectivity index (χ2v) is 4.34. The van der Waals surface area contributed by atoms with Gasteiger partial charge in [-0.25, -0.2) is 9.59 Å². The molecule has 0 amide bonds. The quantitative estimate of drug-likeness (QED) is 0.663. The molecule has 2 aromatic heterocycles. The lowest BCUT2D eigenvalue weighted by Gasteiger charge is -2.03. The molecule has 0 radical (unpaired) electrons. The molecule has 1 aromatic carbocycles. The fourth-order valence-corrected chi connectivity index (χ4v) is 2.37. The van der Waals surface area contributed by atoms with Crippen molar-refractivity contribution in [3.8, 4) is 5.75 Å². The van der Waals surface area contributed by atoms with Crippen LogP contribution in [0.1, 0.15) is 20.7 Å². The van der Waals surface area contributed by atoms with Crippen LogP contribution < -0.4 is 0 Å². The van der Waals surface area contributed by atoms with Crippen LogP contribution in [-0.4, -0.2) is 31.7 Å². The summed E-state index contributed by atoms with van der Waals surface area (Å²) in [6.07, 6.45) is 1.30. The Balaban J connectivity index is 2.59. The molecule has 0 unspecified atom stereocenters. The number of hydrogen-bond acceptors (Lipinski definition) is 3. The molecule has 6 nitrogen and oxygen atoms in total. The van der Waals surface area contributed by atoms with Crippen LogP contribution in [0.2, 0.25) is 0 Å². The standard InChI is InChI=1S/C14H9NO5/c16-10-5-7(13(17)18)6-15-9-4-2-1-3-8(9)11(12(10)15)14(19)20/h1-6,16H,(H,17,18)(H,19,20). The molecule has 0 spiro atoms. The van der Waals surface area contributed by atoms with E-state index in [4.69, 9.17) is 5.11 Å². The number of benzene rings is 1. The fraction of sp³-hybridized carbons (Fsp3) is 0. The number of nitrogens with zero attached hydrogens (tertiary/aromatic N) is 1. The van der Waals surface area contributed by atoms with Gasteiger partial charge in [-0.2, -0.15) is 0 Å². The minimum Gasteiger partial charge on any atom is -0.506 e. The average molecular weight is 271 g/mol. The van der Waals surface area contributed by atoms with Crippen molar-refractivity contribution in [1.82, 2.24) is 4.40 Å². The van der Waals surface area contributed by atoms with E-state index in [1.54, 1.807) is 24.3 Å². The van der Waals surface area contributed by atoms with E-state index < -0.39 is 11.9 Å². The van der Waals surface area contributed by atoms with E-state index in [9.17, 15) is 19.8 Å². The summed E-state index contributed by atoms with van der Waals surface area (Å²) in [5.41, 5.74) is 0.449. The number of aromatic carboxylic acids is 2. The lowest BCUT2D eigenvalue weighted by molar-refractivity contribution is 0.0688. The third-order valence-corrected chi connectivity index (χ3v) is 3.17. The van der Waals surface area contributed by atoms with Gasteiger partial charge in [-0.1, -0.05) is 18.2 Å². The highest BCUT2D eigenvalue weighted by atomic mass is 16.4. The Hall–Kier alpha value is -3.02. The van der Waals surface area contributed by atoms with E-state index in [1.807, 2.05) is 0 Å². The van der Waals surface area contributed by atoms with Crippen LogP contribution in [0, 0.1) is 0 Å². The molecule has 2 heterocycles. The van der Waals surface area contributed by atoms with E-state index in [1.165, 1.54) is 10.6 Å². The summed E-state index contributed by atoms with van der Waals surface area (Å²) in [6.45, 7) is 0. The van der Waals surface area contributed by atoms with Crippen molar-refractivity contribution in [3.63, 3.8) is 0 Å². The van der Waals surface area contributed by atoms with Crippen LogP contribution in [0.15, 0.2) is 36.5 Å². The van der Waals surface area contributed by atoms with Gasteiger partial charge in [0.2, 0.25) is 0 Å². The predicted octanol–water partition coefficient (Wildman–Crippen LogP) is 2.19. The average Bonchev–Trinajstić information content (AvgIpc) is 2.74. The van der Waals surface area contributed by atoms with Crippen LogP contribution in [0.4, 0.5) is 0 Å². The van der Waals surface area contributed by atoms with Crippen molar-refractivity contribution >= 4 is 28.4 Å². The molecule has 0 aliphatic carbocycles. The zero-order valence-corrected chi connectivity index (χ0v) is 10.1. The Morgan fingerprint density at radius 3 is 2.40 bits per heavy atom. The van der Waals surface area contributed by atoms with Crippen molar-refractivity contribution in [2.24, 2.45) is 0 Å². The smallest absolute Gasteiger partial charge is 0.338 e. The maximum atomic E-state index is 11.4. The van der Waals surface area contributed by atoms with Crippen LogP contribution in [0.25, 0.3) is 16.4 Å². The molecule has 100 valence electrons. The van der Waals surface area contributed by atoms with Gasteiger partial charge >= 0.3 is 11.9 Å². The number of pyridine rings is 1. The summed E-state index contributed by atoms with van der Waals surface area (Å²) >= 11 is 0. The van der Waals surface area contributed by atoms with Gasteiger partial charge in [0.25, 0.3) is 0 Å². The maximum Gasteiger partial charge on any atom is 0.338 e. The van der Waals surface area contributed by atoms with Crippen LogP contribution in [-0.2, 0) is 0 Å². The molecular formula is C14H9NO5. The number of fused-ring (bicyclic) bond motifs is 3. The van der Waals surface area contributed by atoms with E-state index in [0.717, 1.165) is 6.07 Å². The van der Waals surface area contributed by atoms with Gasteiger partial charge in [-0.05, 0) is 12.1 Å². The minimum atomic E-state index is -1.20. The maximum absolute atomic E-state index is 11.4. The molecule has 20 heavy (non-hydrogen) atoms. The fourth-order valence-electron chi connectivity index (χ4n) is 2.37. The predicted molar refractivity (Wildman–Crippen MR) is 70.5 cm³/mol. The molecule has 0 bridgehead atoms. The van der Waals surface area contributed by atoms with Crippen molar-refractivity contribution in [2.45, 2.75) is 0 Å². The van der Waals surface area contributed by atoms with E-state index in [0.29, 0.717) is 10.9 Å². The molecule has 0 fully saturated rings. The summed E-state index contributed by atoms with van der Waals surface area (Å²) in [6, 6.07) is 7.72. The largest absolute Gasteiger partial charge is 0.506 e. The molecule has 0 atom stereocenters. The number of para-hydroxylation sites is 1. The van der Waals surface area contributed by atoms with Crippen molar-refractivity contribution in [1.29, 1.82) is 0 Å². The Morgan fingerprint density at radius 1 is 1.05 bits per heavy atom. The van der Waals surface area contributed by atoms with Gasteiger partial charge in [0.15, 0.2) is 0 Å². The first kappa shape index (κ1) is 12.0. The Morgan fingerprint density at radius 2 is 1.75 bits per heavy atom. The molecule has 3 rings (SSSR count). The first-order valence-corrected chi connectivity index (χ1v) is 5.73. The molecule has 3 aromatic rings. The second kappa shape index (κ2) is 3.99. The van der Waals surface area contributed by atoms with Crippen LogP contribution in [0.3, 0.4) is 0 Å². The van der Waals surface area contributed by atoms with Gasteiger partial charge in [0.05, 0.1) is 16.6 Å². The number of rotatable bonds is 2. The molecule has 0 aliphatic heterocycles. The lowest BCUT2D eigenvalue weighted by atomic mass is 10.1. The summed E-state index contributed by atoms with van der Waals surface area (Å²) in [5, 5.41) is 28.8. The number of aromatic hydroxyl groups is 1. The highest BCUT2D eigenvalue weighted by Crippen LogP contribution is 2.33. The van der Waals surface area contributed by atoms with Gasteiger partial charge in [0.1, 0.15) is 11.3 Å². The second-order valence-electron chi connectivity index (χ2n) is 4.34. The monoisotopic (exact) mass is 271 g/mol. The molecule has 0 saturated heterocycles. The summed E-state index contributed by atoms with van der Waals surface area (Å²) < 4.78 is 1.39. The Kier molecular flexibility index (Phi) is 2.40. The summed E-state index contributed by atoms with van der Waals surface area (Å²) in [4.78, 5) is 22.5. The third kappa shape index (κ3) is 1.51. The summed E-state index contributed by atoms with van der Waals surface area (Å²) in [7, 11) is 0. The zero-order valence-electron chi connectivity index (χ0n) is 10.1. The zero-order chi connectivity index (χ0) is 14.4. The highest BCUT2D eigenvalue weighted by Gasteiger charge is 2.21. The first-order valence-electron chi connectivity index (χ1n) is 5.73. The minimum absolute atomic E-state index is 0.0463. The third-order valence-electron chi connectivity index (χ3n) is 3.17. The van der Waals surface area contributed by atoms with Crippen molar-refractivity contribution in [2.75, 3.05) is 0 Å². The van der Waals surface area contributed by atoms with E-state index in [-0.39, 0.29) is 22.4 Å². The van der Waals surface area contributed by atoms with Gasteiger partial charge in [-0.3, -0.25) is 0 Å². The van der Waals surface area contributed by atoms with E-state index in [2.05, 4.69) is 0 Å². The number of carbonyl (C=O) groups is 2. The Labute approximate surface area is 112 Å². The number of aromatic nitrogens is 1. The van der Waals surface area contributed by atoms with Crippen LogP contribution in [0.5, 0.6) is 5.75 Å². The normalized spacial score (nSPS) is 11.0. The highest BCUT2D eigenvalue weighted by molar-refractivity contribution is 6.12.